The monoisotopic (exact) mass is 355 g/mol. The lowest BCUT2D eigenvalue weighted by Crippen LogP contribution is -2.22. The zero-order valence-corrected chi connectivity index (χ0v) is 13.6. The molecule has 2 aromatic rings. The van der Waals surface area contributed by atoms with Crippen molar-refractivity contribution in [2.45, 2.75) is 25.5 Å². The van der Waals surface area contributed by atoms with E-state index >= 15 is 0 Å². The third-order valence-electron chi connectivity index (χ3n) is 5.06. The van der Waals surface area contributed by atoms with E-state index in [1.54, 1.807) is 4.57 Å². The highest BCUT2D eigenvalue weighted by Gasteiger charge is 2.60. The van der Waals surface area contributed by atoms with Crippen molar-refractivity contribution in [3.63, 3.8) is 0 Å². The number of aromatic nitrogens is 4. The lowest BCUT2D eigenvalue weighted by molar-refractivity contribution is 0.0282. The summed E-state index contributed by atoms with van der Waals surface area (Å²) in [6.45, 7) is 0.420. The van der Waals surface area contributed by atoms with Gasteiger partial charge in [0.15, 0.2) is 11.2 Å². The van der Waals surface area contributed by atoms with E-state index in [0.717, 1.165) is 12.8 Å². The third kappa shape index (κ3) is 2.46. The van der Waals surface area contributed by atoms with E-state index in [1.165, 1.54) is 6.33 Å². The number of nitrogens with zero attached hydrogens (tertiary/aromatic N) is 3. The van der Waals surface area contributed by atoms with E-state index in [1.807, 2.05) is 0 Å². The van der Waals surface area contributed by atoms with Crippen LogP contribution < -0.4 is 11.3 Å². The van der Waals surface area contributed by atoms with Gasteiger partial charge >= 0.3 is 7.60 Å². The Hall–Kier alpha value is -1.74. The molecule has 130 valence electrons. The van der Waals surface area contributed by atoms with E-state index in [4.69, 9.17) is 20.3 Å². The van der Waals surface area contributed by atoms with Gasteiger partial charge in [-0.15, -0.1) is 0 Å². The van der Waals surface area contributed by atoms with Crippen LogP contribution in [0.1, 0.15) is 25.5 Å². The van der Waals surface area contributed by atoms with Gasteiger partial charge in [-0.25, -0.2) is 4.98 Å². The first-order valence-corrected chi connectivity index (χ1v) is 9.48. The minimum absolute atomic E-state index is 0.00939. The normalized spacial score (nSPS) is 25.6. The van der Waals surface area contributed by atoms with Gasteiger partial charge in [-0.2, -0.15) is 4.98 Å². The number of nitrogen functional groups attached to an aromatic ring is 1. The van der Waals surface area contributed by atoms with Gasteiger partial charge in [0.25, 0.3) is 5.56 Å². The molecule has 1 aliphatic carbocycles. The Kier molecular flexibility index (Phi) is 3.37. The minimum Gasteiger partial charge on any atom is -0.369 e. The number of imidazole rings is 1. The van der Waals surface area contributed by atoms with Crippen LogP contribution in [0.2, 0.25) is 0 Å². The summed E-state index contributed by atoms with van der Waals surface area (Å²) in [6.07, 6.45) is 3.23. The molecule has 0 bridgehead atoms. The predicted molar refractivity (Wildman–Crippen MR) is 84.2 cm³/mol. The van der Waals surface area contributed by atoms with E-state index in [2.05, 4.69) is 15.0 Å². The molecule has 1 aliphatic heterocycles. The summed E-state index contributed by atoms with van der Waals surface area (Å²) in [5.74, 6) is 0.0714. The van der Waals surface area contributed by atoms with Crippen molar-refractivity contribution >= 4 is 24.7 Å². The maximum atomic E-state index is 11.9. The lowest BCUT2D eigenvalue weighted by atomic mass is 9.88. The van der Waals surface area contributed by atoms with Crippen LogP contribution in [-0.4, -0.2) is 42.1 Å². The zero-order chi connectivity index (χ0) is 17.1. The quantitative estimate of drug-likeness (QED) is 0.566. The number of nitrogens with one attached hydrogen (secondary N) is 1. The molecule has 0 amide bonds. The molecule has 2 fully saturated rings. The molecule has 3 heterocycles. The molecule has 2 aromatic heterocycles. The molecule has 1 saturated heterocycles. The van der Waals surface area contributed by atoms with Crippen molar-refractivity contribution in [1.29, 1.82) is 0 Å². The Morgan fingerprint density at radius 3 is 2.92 bits per heavy atom. The SMILES string of the molecule is Nc1nc2c(ncn2[C@@H]2OC[C@H](CCP(=O)(O)O)C23CC3)c(=O)[nH]1. The average Bonchev–Trinajstić information content (AvgIpc) is 3.02. The van der Waals surface area contributed by atoms with Crippen LogP contribution in [0, 0.1) is 11.3 Å². The van der Waals surface area contributed by atoms with Gasteiger partial charge in [0.05, 0.1) is 19.1 Å². The van der Waals surface area contributed by atoms with Gasteiger partial charge in [0, 0.05) is 5.41 Å². The predicted octanol–water partition coefficient (Wildman–Crippen LogP) is 0.195. The minimum atomic E-state index is -4.03. The van der Waals surface area contributed by atoms with Gasteiger partial charge in [-0.05, 0) is 25.2 Å². The zero-order valence-electron chi connectivity index (χ0n) is 12.8. The highest BCUT2D eigenvalue weighted by Crippen LogP contribution is 2.65. The number of hydrogen-bond acceptors (Lipinski definition) is 6. The Bertz CT molecular complexity index is 898. The molecule has 0 radical (unpaired) electrons. The Morgan fingerprint density at radius 2 is 2.25 bits per heavy atom. The van der Waals surface area contributed by atoms with Crippen LogP contribution >= 0.6 is 7.60 Å². The molecule has 1 spiro atoms. The fraction of sp³-hybridized carbons (Fsp3) is 0.615. The standard InChI is InChI=1S/C13H18N5O5P/c14-12-16-9-8(10(19)17-12)15-6-18(9)11-13(2-3-13)7(5-23-11)1-4-24(20,21)22/h6-7,11H,1-5H2,(H2,20,21,22)(H3,14,16,17,19)/t7-,11+/m0/s1. The topological polar surface area (TPSA) is 156 Å². The number of H-pyrrole nitrogens is 1. The van der Waals surface area contributed by atoms with Crippen molar-refractivity contribution < 1.29 is 19.1 Å². The maximum absolute atomic E-state index is 11.9. The van der Waals surface area contributed by atoms with Gasteiger partial charge in [-0.1, -0.05) is 0 Å². The number of ether oxygens (including phenoxy) is 1. The number of aromatic amines is 1. The van der Waals surface area contributed by atoms with Crippen molar-refractivity contribution in [1.82, 2.24) is 19.5 Å². The highest BCUT2D eigenvalue weighted by atomic mass is 31.2. The molecule has 4 rings (SSSR count). The second-order valence-corrected chi connectivity index (χ2v) is 8.34. The average molecular weight is 355 g/mol. The second-order valence-electron chi connectivity index (χ2n) is 6.57. The molecule has 10 nitrogen and oxygen atoms in total. The number of fused-ring (bicyclic) bond motifs is 1. The molecule has 0 unspecified atom stereocenters. The van der Waals surface area contributed by atoms with Crippen molar-refractivity contribution in [3.05, 3.63) is 16.7 Å². The van der Waals surface area contributed by atoms with Gasteiger partial charge in [0.2, 0.25) is 5.95 Å². The fourth-order valence-corrected chi connectivity index (χ4v) is 4.36. The summed E-state index contributed by atoms with van der Waals surface area (Å²) in [7, 11) is -4.03. The van der Waals surface area contributed by atoms with Gasteiger partial charge < -0.3 is 20.3 Å². The van der Waals surface area contributed by atoms with E-state index in [9.17, 15) is 9.36 Å². The summed E-state index contributed by atoms with van der Waals surface area (Å²) in [6, 6.07) is 0. The number of anilines is 1. The molecule has 2 atom stereocenters. The highest BCUT2D eigenvalue weighted by molar-refractivity contribution is 7.51. The number of hydrogen-bond donors (Lipinski definition) is 4. The molecule has 2 aliphatic rings. The molecule has 5 N–H and O–H groups in total. The van der Waals surface area contributed by atoms with Crippen molar-refractivity contribution in [2.75, 3.05) is 18.5 Å². The van der Waals surface area contributed by atoms with E-state index in [-0.39, 0.29) is 35.2 Å². The number of nitrogens with two attached hydrogens (primary N) is 1. The second kappa shape index (κ2) is 5.13. The summed E-state index contributed by atoms with van der Waals surface area (Å²) in [5.41, 5.74) is 5.60. The van der Waals surface area contributed by atoms with Crippen LogP contribution in [0.25, 0.3) is 11.2 Å². The molecule has 11 heteroatoms. The first-order valence-electron chi connectivity index (χ1n) is 7.69. The maximum Gasteiger partial charge on any atom is 0.325 e. The molecule has 24 heavy (non-hydrogen) atoms. The summed E-state index contributed by atoms with van der Waals surface area (Å²) in [5, 5.41) is 0. The van der Waals surface area contributed by atoms with Crippen LogP contribution in [0.4, 0.5) is 5.95 Å². The molecular formula is C13H18N5O5P. The molecule has 0 aromatic carbocycles. The van der Waals surface area contributed by atoms with Crippen LogP contribution in [0.3, 0.4) is 0 Å². The smallest absolute Gasteiger partial charge is 0.325 e. The lowest BCUT2D eigenvalue weighted by Gasteiger charge is -2.23. The third-order valence-corrected chi connectivity index (χ3v) is 5.90. The van der Waals surface area contributed by atoms with Crippen molar-refractivity contribution in [3.8, 4) is 0 Å². The Balaban J connectivity index is 1.67. The first kappa shape index (κ1) is 15.8. The summed E-state index contributed by atoms with van der Waals surface area (Å²) in [4.78, 5) is 40.8. The van der Waals surface area contributed by atoms with Gasteiger partial charge in [0.1, 0.15) is 6.23 Å². The molecule has 1 saturated carbocycles. The fourth-order valence-electron chi connectivity index (χ4n) is 3.71. The van der Waals surface area contributed by atoms with E-state index in [0.29, 0.717) is 18.7 Å². The molecular weight excluding hydrogens is 337 g/mol. The van der Waals surface area contributed by atoms with Crippen molar-refractivity contribution in [2.24, 2.45) is 11.3 Å². The number of rotatable bonds is 4. The largest absolute Gasteiger partial charge is 0.369 e. The van der Waals surface area contributed by atoms with Crippen LogP contribution in [0.15, 0.2) is 11.1 Å². The first-order chi connectivity index (χ1) is 11.3. The van der Waals surface area contributed by atoms with E-state index < -0.39 is 13.2 Å². The van der Waals surface area contributed by atoms with Gasteiger partial charge in [-0.3, -0.25) is 18.9 Å². The van der Waals surface area contributed by atoms with Crippen LogP contribution in [-0.2, 0) is 9.30 Å². The summed E-state index contributed by atoms with van der Waals surface area (Å²) < 4.78 is 18.8. The summed E-state index contributed by atoms with van der Waals surface area (Å²) >= 11 is 0. The Labute approximate surface area is 136 Å². The Morgan fingerprint density at radius 1 is 1.50 bits per heavy atom. The van der Waals surface area contributed by atoms with Crippen LogP contribution in [0.5, 0.6) is 0 Å².